The van der Waals surface area contributed by atoms with Gasteiger partial charge in [0, 0.05) is 32.0 Å². The fraction of sp³-hybridized carbons (Fsp3) is 0.125. The molecule has 0 saturated heterocycles. The van der Waals surface area contributed by atoms with Crippen LogP contribution in [0.5, 0.6) is 5.75 Å². The van der Waals surface area contributed by atoms with Gasteiger partial charge in [0.25, 0.3) is 0 Å². The van der Waals surface area contributed by atoms with E-state index in [1.54, 1.807) is 7.11 Å². The average molecular weight is 464 g/mol. The van der Waals surface area contributed by atoms with Crippen LogP contribution in [0.15, 0.2) is 91.6 Å². The topological polar surface area (TPSA) is 34.7 Å². The molecule has 0 saturated carbocycles. The lowest BCUT2D eigenvalue weighted by molar-refractivity contribution is 0.409. The summed E-state index contributed by atoms with van der Waals surface area (Å²) < 4.78 is 12.9. The van der Waals surface area contributed by atoms with Crippen LogP contribution >= 0.6 is 27.7 Å². The van der Waals surface area contributed by atoms with Gasteiger partial charge in [0.1, 0.15) is 17.1 Å². The molecule has 0 aliphatic carbocycles. The maximum atomic E-state index is 6.18. The fourth-order valence-corrected chi connectivity index (χ4v) is 5.27. The van der Waals surface area contributed by atoms with Gasteiger partial charge in [-0.15, -0.1) is 11.8 Å². The van der Waals surface area contributed by atoms with E-state index in [4.69, 9.17) is 14.1 Å². The van der Waals surface area contributed by atoms with Crippen LogP contribution in [0.2, 0.25) is 0 Å². The SMILES string of the molecule is COc1ccccc1C1CC(c2cc3cc(Br)ccc3o2)=Nc2ccccc2S1. The quantitative estimate of drug-likeness (QED) is 0.314. The lowest BCUT2D eigenvalue weighted by Gasteiger charge is -2.18. The van der Waals surface area contributed by atoms with Gasteiger partial charge >= 0.3 is 0 Å². The van der Waals surface area contributed by atoms with E-state index in [-0.39, 0.29) is 5.25 Å². The minimum Gasteiger partial charge on any atom is -0.496 e. The van der Waals surface area contributed by atoms with Crippen LogP contribution in [-0.4, -0.2) is 12.8 Å². The molecule has 1 aromatic heterocycles. The Labute approximate surface area is 181 Å². The summed E-state index contributed by atoms with van der Waals surface area (Å²) in [5.41, 5.74) is 3.96. The molecule has 1 unspecified atom stereocenters. The van der Waals surface area contributed by atoms with E-state index in [2.05, 4.69) is 58.4 Å². The summed E-state index contributed by atoms with van der Waals surface area (Å²) in [7, 11) is 1.72. The lowest BCUT2D eigenvalue weighted by Crippen LogP contribution is -2.05. The molecule has 29 heavy (non-hydrogen) atoms. The van der Waals surface area contributed by atoms with E-state index in [9.17, 15) is 0 Å². The molecule has 5 rings (SSSR count). The minimum atomic E-state index is 0.175. The smallest absolute Gasteiger partial charge is 0.149 e. The average Bonchev–Trinajstić information content (AvgIpc) is 3.06. The molecule has 5 heteroatoms. The summed E-state index contributed by atoms with van der Waals surface area (Å²) in [6.45, 7) is 0. The van der Waals surface area contributed by atoms with Crippen molar-refractivity contribution in [2.24, 2.45) is 4.99 Å². The normalized spacial score (nSPS) is 16.2. The molecule has 1 atom stereocenters. The van der Waals surface area contributed by atoms with E-state index in [0.717, 1.165) is 49.7 Å². The molecule has 4 aromatic rings. The van der Waals surface area contributed by atoms with E-state index in [0.29, 0.717) is 0 Å². The summed E-state index contributed by atoms with van der Waals surface area (Å²) >= 11 is 5.36. The first-order valence-electron chi connectivity index (χ1n) is 9.37. The Morgan fingerprint density at radius 2 is 1.86 bits per heavy atom. The van der Waals surface area contributed by atoms with Gasteiger partial charge in [-0.25, -0.2) is 4.99 Å². The summed E-state index contributed by atoms with van der Waals surface area (Å²) in [6, 6.07) is 24.6. The molecule has 0 amide bonds. The first-order chi connectivity index (χ1) is 14.2. The molecule has 0 bridgehead atoms. The van der Waals surface area contributed by atoms with E-state index < -0.39 is 0 Å². The van der Waals surface area contributed by atoms with Crippen molar-refractivity contribution in [3.63, 3.8) is 0 Å². The molecular formula is C24H18BrNO2S. The second-order valence-corrected chi connectivity index (χ2v) is 9.03. The molecule has 0 N–H and O–H groups in total. The molecule has 3 aromatic carbocycles. The molecule has 0 fully saturated rings. The van der Waals surface area contributed by atoms with Gasteiger partial charge < -0.3 is 9.15 Å². The highest BCUT2D eigenvalue weighted by molar-refractivity contribution is 9.10. The lowest BCUT2D eigenvalue weighted by atomic mass is 10.0. The van der Waals surface area contributed by atoms with Crippen molar-refractivity contribution in [2.75, 3.05) is 7.11 Å². The third-order valence-electron chi connectivity index (χ3n) is 5.02. The Bertz CT molecular complexity index is 1230. The molecule has 2 heterocycles. The Morgan fingerprint density at radius 3 is 2.76 bits per heavy atom. The zero-order valence-electron chi connectivity index (χ0n) is 15.8. The number of rotatable bonds is 3. The number of hydrogen-bond donors (Lipinski definition) is 0. The number of halogens is 1. The van der Waals surface area contributed by atoms with Crippen molar-refractivity contribution < 1.29 is 9.15 Å². The predicted octanol–water partition coefficient (Wildman–Crippen LogP) is 7.56. The highest BCUT2D eigenvalue weighted by Gasteiger charge is 2.26. The molecule has 3 nitrogen and oxygen atoms in total. The van der Waals surface area contributed by atoms with Crippen LogP contribution in [0, 0.1) is 0 Å². The minimum absolute atomic E-state index is 0.175. The number of nitrogens with zero attached hydrogens (tertiary/aromatic N) is 1. The van der Waals surface area contributed by atoms with Crippen LogP contribution in [0.1, 0.15) is 23.0 Å². The van der Waals surface area contributed by atoms with Crippen molar-refractivity contribution in [3.05, 3.63) is 88.6 Å². The van der Waals surface area contributed by atoms with Crippen molar-refractivity contribution >= 4 is 50.1 Å². The van der Waals surface area contributed by atoms with Crippen molar-refractivity contribution in [1.82, 2.24) is 0 Å². The van der Waals surface area contributed by atoms with E-state index in [1.807, 2.05) is 42.1 Å². The van der Waals surface area contributed by atoms with E-state index in [1.165, 1.54) is 5.56 Å². The largest absolute Gasteiger partial charge is 0.496 e. The summed E-state index contributed by atoms with van der Waals surface area (Å²) in [5.74, 6) is 1.72. The Morgan fingerprint density at radius 1 is 1.03 bits per heavy atom. The summed E-state index contributed by atoms with van der Waals surface area (Å²) in [6.07, 6.45) is 0.751. The van der Waals surface area contributed by atoms with Crippen molar-refractivity contribution in [2.45, 2.75) is 16.6 Å². The summed E-state index contributed by atoms with van der Waals surface area (Å²) in [4.78, 5) is 6.17. The van der Waals surface area contributed by atoms with Gasteiger partial charge in [0.15, 0.2) is 0 Å². The Kier molecular flexibility index (Phi) is 4.94. The third kappa shape index (κ3) is 3.61. The number of methoxy groups -OCH3 is 1. The second kappa shape index (κ2) is 7.73. The first-order valence-corrected chi connectivity index (χ1v) is 11.0. The molecule has 1 aliphatic heterocycles. The monoisotopic (exact) mass is 463 g/mol. The zero-order valence-corrected chi connectivity index (χ0v) is 18.2. The van der Waals surface area contributed by atoms with Crippen LogP contribution in [0.25, 0.3) is 11.0 Å². The maximum absolute atomic E-state index is 6.18. The van der Waals surface area contributed by atoms with Gasteiger partial charge in [-0.3, -0.25) is 0 Å². The number of ether oxygens (including phenoxy) is 1. The van der Waals surface area contributed by atoms with Crippen molar-refractivity contribution in [1.29, 1.82) is 0 Å². The first kappa shape index (κ1) is 18.5. The number of hydrogen-bond acceptors (Lipinski definition) is 4. The molecule has 144 valence electrons. The second-order valence-electron chi connectivity index (χ2n) is 6.87. The maximum Gasteiger partial charge on any atom is 0.149 e. The summed E-state index contributed by atoms with van der Waals surface area (Å²) in [5, 5.41) is 1.24. The van der Waals surface area contributed by atoms with Gasteiger partial charge in [-0.1, -0.05) is 46.3 Å². The Hall–Kier alpha value is -2.50. The number of para-hydroxylation sites is 2. The number of furan rings is 1. The van der Waals surface area contributed by atoms with Crippen LogP contribution in [-0.2, 0) is 0 Å². The van der Waals surface area contributed by atoms with Crippen LogP contribution in [0.3, 0.4) is 0 Å². The third-order valence-corrected chi connectivity index (χ3v) is 6.81. The number of aliphatic imine (C=N–C) groups is 1. The number of benzene rings is 3. The van der Waals surface area contributed by atoms with Crippen molar-refractivity contribution in [3.8, 4) is 5.75 Å². The fourth-order valence-electron chi connectivity index (χ4n) is 3.63. The molecular weight excluding hydrogens is 446 g/mol. The molecule has 0 radical (unpaired) electrons. The standard InChI is InChI=1S/C24H18BrNO2S/c1-27-21-8-4-2-6-17(21)24-14-19(26-18-7-3-5-9-23(18)29-24)22-13-15-12-16(25)10-11-20(15)28-22/h2-13,24H,14H2,1H3. The zero-order chi connectivity index (χ0) is 19.8. The highest BCUT2D eigenvalue weighted by atomic mass is 79.9. The molecule has 1 aliphatic rings. The highest BCUT2D eigenvalue weighted by Crippen LogP contribution is 2.47. The van der Waals surface area contributed by atoms with Crippen LogP contribution < -0.4 is 4.74 Å². The van der Waals surface area contributed by atoms with Gasteiger partial charge in [-0.2, -0.15) is 0 Å². The van der Waals surface area contributed by atoms with Gasteiger partial charge in [0.05, 0.1) is 18.5 Å². The Balaban J connectivity index is 1.64. The predicted molar refractivity (Wildman–Crippen MR) is 123 cm³/mol. The molecule has 0 spiro atoms. The number of fused-ring (bicyclic) bond motifs is 2. The van der Waals surface area contributed by atoms with Crippen LogP contribution in [0.4, 0.5) is 5.69 Å². The number of thioether (sulfide) groups is 1. The van der Waals surface area contributed by atoms with E-state index >= 15 is 0 Å². The van der Waals surface area contributed by atoms with Gasteiger partial charge in [0.2, 0.25) is 0 Å². The van der Waals surface area contributed by atoms with Gasteiger partial charge in [-0.05, 0) is 42.5 Å².